The molecule has 0 unspecified atom stereocenters. The van der Waals surface area contributed by atoms with Gasteiger partial charge in [-0.2, -0.15) is 13.2 Å². The first-order valence-electron chi connectivity index (χ1n) is 7.09. The van der Waals surface area contributed by atoms with Crippen molar-refractivity contribution in [2.45, 2.75) is 17.6 Å². The predicted molar refractivity (Wildman–Crippen MR) is 86.3 cm³/mol. The van der Waals surface area contributed by atoms with Crippen LogP contribution in [0.4, 0.5) is 18.9 Å². The van der Waals surface area contributed by atoms with Crippen LogP contribution in [0, 0.1) is 10.1 Å². The lowest BCUT2D eigenvalue weighted by molar-refractivity contribution is -0.385. The number of rotatable bonds is 4. The third-order valence-corrected chi connectivity index (χ3v) is 4.81. The van der Waals surface area contributed by atoms with Crippen molar-refractivity contribution in [3.8, 4) is 0 Å². The van der Waals surface area contributed by atoms with Crippen molar-refractivity contribution in [3.05, 3.63) is 66.5 Å². The van der Waals surface area contributed by atoms with E-state index < -0.39 is 50.1 Å². The van der Waals surface area contributed by atoms with Crippen LogP contribution in [0.25, 0.3) is 0 Å². The summed E-state index contributed by atoms with van der Waals surface area (Å²) in [7, 11) is -2.96. The number of nitrogens with zero attached hydrogens (tertiary/aromatic N) is 3. The fourth-order valence-electron chi connectivity index (χ4n) is 2.36. The molecule has 0 saturated carbocycles. The lowest BCUT2D eigenvalue weighted by Gasteiger charge is -2.14. The molecule has 2 rings (SSSR count). The summed E-state index contributed by atoms with van der Waals surface area (Å²) in [5.74, 6) is 0. The molecule has 0 N–H and O–H groups in total. The normalized spacial score (nSPS) is 12.2. The van der Waals surface area contributed by atoms with E-state index >= 15 is 0 Å². The molecule has 146 valence electrons. The first-order chi connectivity index (χ1) is 12.2. The molecule has 0 aliphatic heterocycles. The minimum atomic E-state index is -4.95. The maximum atomic E-state index is 12.9. The van der Waals surface area contributed by atoms with Crippen LogP contribution >= 0.6 is 0 Å². The van der Waals surface area contributed by atoms with Gasteiger partial charge in [0.05, 0.1) is 21.9 Å². The zero-order valence-corrected chi connectivity index (χ0v) is 14.7. The zero-order chi connectivity index (χ0) is 20.7. The summed E-state index contributed by atoms with van der Waals surface area (Å²) in [5, 5.41) is 11.1. The van der Waals surface area contributed by atoms with Crippen LogP contribution in [0.2, 0.25) is 0 Å². The number of hydrogen-bond donors (Lipinski definition) is 0. The van der Waals surface area contributed by atoms with E-state index in [1.165, 1.54) is 0 Å². The Bertz CT molecular complexity index is 1150. The van der Waals surface area contributed by atoms with Crippen molar-refractivity contribution in [2.75, 3.05) is 6.26 Å². The maximum Gasteiger partial charge on any atom is 0.431 e. The van der Waals surface area contributed by atoms with E-state index in [9.17, 15) is 41.3 Å². The van der Waals surface area contributed by atoms with E-state index in [1.54, 1.807) is 0 Å². The average molecular weight is 407 g/mol. The van der Waals surface area contributed by atoms with E-state index in [0.717, 1.165) is 31.5 Å². The van der Waals surface area contributed by atoms with Gasteiger partial charge >= 0.3 is 11.9 Å². The number of nitro benzene ring substituents is 1. The maximum absolute atomic E-state index is 12.9. The molecule has 0 radical (unpaired) electrons. The number of alkyl halides is 3. The Labute approximate surface area is 149 Å². The van der Waals surface area contributed by atoms with E-state index in [-0.39, 0.29) is 21.1 Å². The highest BCUT2D eigenvalue weighted by atomic mass is 32.2. The third kappa shape index (κ3) is 4.07. The number of aromatic nitrogens is 2. The van der Waals surface area contributed by atoms with Crippen molar-refractivity contribution in [1.29, 1.82) is 0 Å². The second kappa shape index (κ2) is 6.64. The van der Waals surface area contributed by atoms with Crippen molar-refractivity contribution in [2.24, 2.45) is 7.05 Å². The summed E-state index contributed by atoms with van der Waals surface area (Å²) >= 11 is 0. The molecule has 9 nitrogen and oxygen atoms in total. The van der Waals surface area contributed by atoms with Gasteiger partial charge in [0.25, 0.3) is 11.2 Å². The molecule has 13 heteroatoms. The molecule has 0 amide bonds. The predicted octanol–water partition coefficient (Wildman–Crippen LogP) is 0.926. The standard InChI is InChI=1S/C14H12F3N3O6S/c1-18-11(14(15,16)17)6-12(21)19(13(18)22)7-8-5-9(27(2,25)26)3-4-10(8)20(23)24/h3-6H,7H2,1-2H3. The van der Waals surface area contributed by atoms with E-state index in [2.05, 4.69) is 0 Å². The minimum absolute atomic E-state index is 0.188. The lowest BCUT2D eigenvalue weighted by atomic mass is 10.2. The van der Waals surface area contributed by atoms with Crippen LogP contribution in [-0.4, -0.2) is 28.7 Å². The summed E-state index contributed by atoms with van der Waals surface area (Å²) < 4.78 is 62.4. The number of sulfone groups is 1. The van der Waals surface area contributed by atoms with Gasteiger partial charge in [-0.25, -0.2) is 13.2 Å². The topological polar surface area (TPSA) is 121 Å². The SMILES string of the molecule is Cn1c(C(F)(F)F)cc(=O)n(Cc2cc(S(C)(=O)=O)ccc2[N+](=O)[O-])c1=O. The Morgan fingerprint density at radius 1 is 1.19 bits per heavy atom. The summed E-state index contributed by atoms with van der Waals surface area (Å²) in [6, 6.07) is 2.95. The molecule has 0 aliphatic rings. The smallest absolute Gasteiger partial charge is 0.292 e. The van der Waals surface area contributed by atoms with Gasteiger partial charge in [0.15, 0.2) is 9.84 Å². The molecular weight excluding hydrogens is 395 g/mol. The summed E-state index contributed by atoms with van der Waals surface area (Å²) in [5.41, 5.74) is -5.07. The van der Waals surface area contributed by atoms with Crippen LogP contribution in [-0.2, 0) is 29.6 Å². The zero-order valence-electron chi connectivity index (χ0n) is 13.8. The van der Waals surface area contributed by atoms with Crippen molar-refractivity contribution < 1.29 is 26.5 Å². The number of benzene rings is 1. The first kappa shape index (κ1) is 20.4. The highest BCUT2D eigenvalue weighted by Crippen LogP contribution is 2.27. The second-order valence-corrected chi connectivity index (χ2v) is 7.63. The fraction of sp³-hybridized carbons (Fsp3) is 0.286. The highest BCUT2D eigenvalue weighted by molar-refractivity contribution is 7.90. The number of nitro groups is 1. The van der Waals surface area contributed by atoms with Gasteiger partial charge in [0.1, 0.15) is 5.69 Å². The molecule has 1 heterocycles. The van der Waals surface area contributed by atoms with Gasteiger partial charge in [-0.15, -0.1) is 0 Å². The summed E-state index contributed by atoms with van der Waals surface area (Å²) in [6.45, 7) is -0.774. The molecule has 2 aromatic rings. The Morgan fingerprint density at radius 2 is 1.78 bits per heavy atom. The van der Waals surface area contributed by atoms with E-state index in [0.29, 0.717) is 4.57 Å². The van der Waals surface area contributed by atoms with Crippen molar-refractivity contribution in [3.63, 3.8) is 0 Å². The molecule has 0 saturated heterocycles. The van der Waals surface area contributed by atoms with E-state index in [4.69, 9.17) is 0 Å². The van der Waals surface area contributed by atoms with Gasteiger partial charge < -0.3 is 0 Å². The Morgan fingerprint density at radius 3 is 2.26 bits per heavy atom. The first-order valence-corrected chi connectivity index (χ1v) is 8.98. The molecule has 27 heavy (non-hydrogen) atoms. The van der Waals surface area contributed by atoms with Gasteiger partial charge in [0.2, 0.25) is 0 Å². The number of halogens is 3. The minimum Gasteiger partial charge on any atom is -0.292 e. The Balaban J connectivity index is 2.71. The Kier molecular flexibility index (Phi) is 5.01. The van der Waals surface area contributed by atoms with Gasteiger partial charge in [-0.05, 0) is 12.1 Å². The van der Waals surface area contributed by atoms with Crippen LogP contribution < -0.4 is 11.2 Å². The molecule has 0 atom stereocenters. The van der Waals surface area contributed by atoms with Crippen molar-refractivity contribution in [1.82, 2.24) is 9.13 Å². The quantitative estimate of drug-likeness (QED) is 0.549. The van der Waals surface area contributed by atoms with Gasteiger partial charge in [-0.3, -0.25) is 24.0 Å². The van der Waals surface area contributed by atoms with Crippen LogP contribution in [0.15, 0.2) is 38.8 Å². The molecule has 0 bridgehead atoms. The highest BCUT2D eigenvalue weighted by Gasteiger charge is 2.35. The molecular formula is C14H12F3N3O6S. The second-order valence-electron chi connectivity index (χ2n) is 5.61. The average Bonchev–Trinajstić information content (AvgIpc) is 2.52. The van der Waals surface area contributed by atoms with E-state index in [1.807, 2.05) is 0 Å². The molecule has 0 fully saturated rings. The van der Waals surface area contributed by atoms with Crippen LogP contribution in [0.1, 0.15) is 11.3 Å². The van der Waals surface area contributed by atoms with Crippen LogP contribution in [0.5, 0.6) is 0 Å². The third-order valence-electron chi connectivity index (χ3n) is 3.70. The van der Waals surface area contributed by atoms with Crippen molar-refractivity contribution >= 4 is 15.5 Å². The van der Waals surface area contributed by atoms with Gasteiger partial charge in [0, 0.05) is 25.4 Å². The Hall–Kier alpha value is -2.96. The molecule has 1 aromatic carbocycles. The fourth-order valence-corrected chi connectivity index (χ4v) is 3.03. The van der Waals surface area contributed by atoms with Crippen LogP contribution in [0.3, 0.4) is 0 Å². The number of hydrogen-bond acceptors (Lipinski definition) is 6. The molecule has 1 aromatic heterocycles. The lowest BCUT2D eigenvalue weighted by Crippen LogP contribution is -2.42. The summed E-state index contributed by atoms with van der Waals surface area (Å²) in [6.07, 6.45) is -4.10. The monoisotopic (exact) mass is 407 g/mol. The molecule has 0 spiro atoms. The largest absolute Gasteiger partial charge is 0.431 e. The molecule has 0 aliphatic carbocycles. The summed E-state index contributed by atoms with van der Waals surface area (Å²) in [4.78, 5) is 34.1. The van der Waals surface area contributed by atoms with Gasteiger partial charge in [-0.1, -0.05) is 0 Å².